The lowest BCUT2D eigenvalue weighted by Gasteiger charge is -2.31. The molecule has 1 aliphatic rings. The first-order chi connectivity index (χ1) is 12.5. The van der Waals surface area contributed by atoms with Crippen molar-refractivity contribution < 1.29 is 9.21 Å². The molecule has 0 saturated carbocycles. The van der Waals surface area contributed by atoms with Gasteiger partial charge in [0.15, 0.2) is 0 Å². The normalized spacial score (nSPS) is 15.9. The maximum atomic E-state index is 12.2. The highest BCUT2D eigenvalue weighted by Crippen LogP contribution is 2.17. The van der Waals surface area contributed by atoms with E-state index in [2.05, 4.69) is 15.2 Å². The SMILES string of the molecule is Cc1cc(=O)n(CCN2CCC(C(=O)NCc3ccco3)CC2)c(=O)[nH]1. The van der Waals surface area contributed by atoms with E-state index in [0.717, 1.165) is 31.7 Å². The molecular formula is C18H24N4O4. The second-order valence-electron chi connectivity index (χ2n) is 6.66. The van der Waals surface area contributed by atoms with Gasteiger partial charge in [-0.05, 0) is 45.0 Å². The van der Waals surface area contributed by atoms with E-state index in [1.165, 1.54) is 10.6 Å². The van der Waals surface area contributed by atoms with E-state index < -0.39 is 0 Å². The summed E-state index contributed by atoms with van der Waals surface area (Å²) in [5.41, 5.74) is -0.0849. The molecule has 8 nitrogen and oxygen atoms in total. The molecule has 2 aromatic heterocycles. The fourth-order valence-corrected chi connectivity index (χ4v) is 3.24. The quantitative estimate of drug-likeness (QED) is 0.780. The van der Waals surface area contributed by atoms with Gasteiger partial charge in [-0.15, -0.1) is 0 Å². The van der Waals surface area contributed by atoms with Gasteiger partial charge in [-0.25, -0.2) is 4.79 Å². The Balaban J connectivity index is 1.44. The van der Waals surface area contributed by atoms with Gasteiger partial charge < -0.3 is 19.6 Å². The van der Waals surface area contributed by atoms with E-state index in [0.29, 0.717) is 25.3 Å². The molecule has 1 amide bonds. The monoisotopic (exact) mass is 360 g/mol. The number of hydrogen-bond acceptors (Lipinski definition) is 5. The Morgan fingerprint density at radius 3 is 2.73 bits per heavy atom. The molecule has 3 rings (SSSR count). The van der Waals surface area contributed by atoms with Gasteiger partial charge in [-0.1, -0.05) is 0 Å². The molecule has 1 fully saturated rings. The van der Waals surface area contributed by atoms with E-state index in [-0.39, 0.29) is 23.1 Å². The van der Waals surface area contributed by atoms with Crippen LogP contribution in [0.2, 0.25) is 0 Å². The highest BCUT2D eigenvalue weighted by molar-refractivity contribution is 5.78. The van der Waals surface area contributed by atoms with Crippen molar-refractivity contribution in [2.45, 2.75) is 32.9 Å². The predicted molar refractivity (Wildman–Crippen MR) is 95.8 cm³/mol. The van der Waals surface area contributed by atoms with E-state index >= 15 is 0 Å². The maximum absolute atomic E-state index is 12.2. The molecule has 0 spiro atoms. The van der Waals surface area contributed by atoms with Crippen molar-refractivity contribution in [3.05, 3.63) is 56.8 Å². The smallest absolute Gasteiger partial charge is 0.328 e. The molecule has 8 heteroatoms. The molecule has 0 unspecified atom stereocenters. The van der Waals surface area contributed by atoms with Crippen LogP contribution in [-0.2, 0) is 17.9 Å². The van der Waals surface area contributed by atoms with Gasteiger partial charge in [0.1, 0.15) is 5.76 Å². The minimum Gasteiger partial charge on any atom is -0.467 e. The number of H-pyrrole nitrogens is 1. The van der Waals surface area contributed by atoms with Crippen molar-refractivity contribution in [3.63, 3.8) is 0 Å². The van der Waals surface area contributed by atoms with Gasteiger partial charge in [0.05, 0.1) is 12.8 Å². The number of carbonyl (C=O) groups excluding carboxylic acids is 1. The van der Waals surface area contributed by atoms with Gasteiger partial charge in [0, 0.05) is 30.8 Å². The Kier molecular flexibility index (Phi) is 5.72. The second-order valence-corrected chi connectivity index (χ2v) is 6.66. The van der Waals surface area contributed by atoms with Crippen LogP contribution in [0.3, 0.4) is 0 Å². The summed E-state index contributed by atoms with van der Waals surface area (Å²) in [5, 5.41) is 2.91. The molecule has 140 valence electrons. The standard InChI is InChI=1S/C18H24N4O4/c1-13-11-16(23)22(18(25)20-13)9-8-21-6-4-14(5-7-21)17(24)19-12-15-3-2-10-26-15/h2-3,10-11,14H,4-9,12H2,1H3,(H,19,24)(H,20,25). The summed E-state index contributed by atoms with van der Waals surface area (Å²) in [6.07, 6.45) is 3.12. The number of hydrogen-bond donors (Lipinski definition) is 2. The number of nitrogens with zero attached hydrogens (tertiary/aromatic N) is 2. The number of furan rings is 1. The number of aryl methyl sites for hydroxylation is 1. The van der Waals surface area contributed by atoms with Gasteiger partial charge >= 0.3 is 5.69 Å². The number of aromatic amines is 1. The molecule has 0 aliphatic carbocycles. The van der Waals surface area contributed by atoms with Gasteiger partial charge in [-0.3, -0.25) is 14.2 Å². The van der Waals surface area contributed by atoms with Crippen molar-refractivity contribution >= 4 is 5.91 Å². The first-order valence-electron chi connectivity index (χ1n) is 8.86. The summed E-state index contributed by atoms with van der Waals surface area (Å²) < 4.78 is 6.43. The lowest BCUT2D eigenvalue weighted by molar-refractivity contribution is -0.126. The van der Waals surface area contributed by atoms with E-state index in [1.54, 1.807) is 19.3 Å². The molecule has 0 atom stereocenters. The fourth-order valence-electron chi connectivity index (χ4n) is 3.24. The summed E-state index contributed by atoms with van der Waals surface area (Å²) in [4.78, 5) is 40.8. The largest absolute Gasteiger partial charge is 0.467 e. The maximum Gasteiger partial charge on any atom is 0.328 e. The molecule has 0 radical (unpaired) electrons. The van der Waals surface area contributed by atoms with Crippen LogP contribution in [0.5, 0.6) is 0 Å². The third-order valence-corrected chi connectivity index (χ3v) is 4.77. The number of amides is 1. The Morgan fingerprint density at radius 2 is 2.08 bits per heavy atom. The highest BCUT2D eigenvalue weighted by Gasteiger charge is 2.24. The topological polar surface area (TPSA) is 100 Å². The van der Waals surface area contributed by atoms with Crippen LogP contribution in [0.25, 0.3) is 0 Å². The molecule has 0 aromatic carbocycles. The Morgan fingerprint density at radius 1 is 1.31 bits per heavy atom. The van der Waals surface area contributed by atoms with Crippen LogP contribution in [0.15, 0.2) is 38.5 Å². The fraction of sp³-hybridized carbons (Fsp3) is 0.500. The Labute approximate surface area is 150 Å². The van der Waals surface area contributed by atoms with E-state index in [1.807, 2.05) is 6.07 Å². The van der Waals surface area contributed by atoms with Crippen molar-refractivity contribution in [2.75, 3.05) is 19.6 Å². The van der Waals surface area contributed by atoms with E-state index in [4.69, 9.17) is 4.42 Å². The summed E-state index contributed by atoms with van der Waals surface area (Å²) in [7, 11) is 0. The van der Waals surface area contributed by atoms with Crippen LogP contribution < -0.4 is 16.6 Å². The number of carbonyl (C=O) groups is 1. The summed E-state index contributed by atoms with van der Waals surface area (Å²) >= 11 is 0. The van der Waals surface area contributed by atoms with E-state index in [9.17, 15) is 14.4 Å². The van der Waals surface area contributed by atoms with Gasteiger partial charge in [-0.2, -0.15) is 0 Å². The van der Waals surface area contributed by atoms with Gasteiger partial charge in [0.2, 0.25) is 5.91 Å². The van der Waals surface area contributed by atoms with Gasteiger partial charge in [0.25, 0.3) is 5.56 Å². The first kappa shape index (κ1) is 18.2. The molecule has 1 aliphatic heterocycles. The molecule has 1 saturated heterocycles. The third-order valence-electron chi connectivity index (χ3n) is 4.77. The number of likely N-dealkylation sites (tertiary alicyclic amines) is 1. The van der Waals surface area contributed by atoms with Crippen LogP contribution in [0, 0.1) is 12.8 Å². The summed E-state index contributed by atoms with van der Waals surface area (Å²) in [6, 6.07) is 5.05. The lowest BCUT2D eigenvalue weighted by Crippen LogP contribution is -2.43. The Bertz CT molecular complexity index is 814. The molecule has 2 aromatic rings. The molecular weight excluding hydrogens is 336 g/mol. The van der Waals surface area contributed by atoms with Crippen LogP contribution >= 0.6 is 0 Å². The third kappa shape index (κ3) is 4.51. The van der Waals surface area contributed by atoms with Crippen LogP contribution in [0.4, 0.5) is 0 Å². The first-order valence-corrected chi connectivity index (χ1v) is 8.86. The summed E-state index contributed by atoms with van der Waals surface area (Å²) in [5.74, 6) is 0.781. The second kappa shape index (κ2) is 8.18. The summed E-state index contributed by atoms with van der Waals surface area (Å²) in [6.45, 7) is 4.62. The van der Waals surface area contributed by atoms with Crippen molar-refractivity contribution in [1.82, 2.24) is 19.8 Å². The van der Waals surface area contributed by atoms with Crippen molar-refractivity contribution in [1.29, 1.82) is 0 Å². The number of piperidine rings is 1. The number of aromatic nitrogens is 2. The Hall–Kier alpha value is -2.61. The minimum absolute atomic E-state index is 0.00767. The minimum atomic E-state index is -0.373. The average Bonchev–Trinajstić information content (AvgIpc) is 3.13. The zero-order chi connectivity index (χ0) is 18.5. The van der Waals surface area contributed by atoms with Crippen LogP contribution in [-0.4, -0.2) is 40.0 Å². The molecule has 0 bridgehead atoms. The average molecular weight is 360 g/mol. The lowest BCUT2D eigenvalue weighted by atomic mass is 9.96. The van der Waals surface area contributed by atoms with Crippen LogP contribution in [0.1, 0.15) is 24.3 Å². The molecule has 3 heterocycles. The van der Waals surface area contributed by atoms with Crippen molar-refractivity contribution in [2.24, 2.45) is 5.92 Å². The predicted octanol–water partition coefficient (Wildman–Crippen LogP) is 0.466. The number of rotatable bonds is 6. The zero-order valence-electron chi connectivity index (χ0n) is 14.9. The molecule has 26 heavy (non-hydrogen) atoms. The number of nitrogens with one attached hydrogen (secondary N) is 2. The van der Waals surface area contributed by atoms with Crippen molar-refractivity contribution in [3.8, 4) is 0 Å². The molecule has 2 N–H and O–H groups in total. The zero-order valence-corrected chi connectivity index (χ0v) is 14.9. The highest BCUT2D eigenvalue weighted by atomic mass is 16.3.